The molecule has 0 radical (unpaired) electrons. The van der Waals surface area contributed by atoms with Gasteiger partial charge in [-0.25, -0.2) is 4.39 Å². The first kappa shape index (κ1) is 24.2. The number of aryl methyl sites for hydroxylation is 1. The first-order valence-electron chi connectivity index (χ1n) is 11.6. The van der Waals surface area contributed by atoms with Gasteiger partial charge in [0.2, 0.25) is 0 Å². The molecule has 1 aromatic heterocycles. The second-order valence-electron chi connectivity index (χ2n) is 8.62. The van der Waals surface area contributed by atoms with Crippen LogP contribution in [0.25, 0.3) is 0 Å². The van der Waals surface area contributed by atoms with Crippen molar-refractivity contribution in [2.45, 2.75) is 13.3 Å². The molecule has 0 aliphatic carbocycles. The zero-order chi connectivity index (χ0) is 25.1. The number of nitrogens with zero attached hydrogens (tertiary/aromatic N) is 4. The fourth-order valence-corrected chi connectivity index (χ4v) is 4.84. The number of anilines is 1. The lowest BCUT2D eigenvalue weighted by Crippen LogP contribution is -2.48. The molecule has 0 N–H and O–H groups in total. The average Bonchev–Trinajstić information content (AvgIpc) is 3.33. The highest BCUT2D eigenvalue weighted by molar-refractivity contribution is 7.07. The van der Waals surface area contributed by atoms with Crippen molar-refractivity contribution in [1.82, 2.24) is 14.3 Å². The molecule has 0 spiro atoms. The second-order valence-corrected chi connectivity index (χ2v) is 9.77. The quantitative estimate of drug-likeness (QED) is 0.311. The van der Waals surface area contributed by atoms with E-state index in [1.54, 1.807) is 18.2 Å². The molecular formula is C27H24ClFN4O2S. The maximum absolute atomic E-state index is 13.2. The third kappa shape index (κ3) is 5.66. The monoisotopic (exact) mass is 522 g/mol. The van der Waals surface area contributed by atoms with Crippen molar-refractivity contribution in [2.24, 2.45) is 0 Å². The molecule has 1 aliphatic heterocycles. The molecule has 0 atom stereocenters. The number of halogens is 2. The third-order valence-corrected chi connectivity index (χ3v) is 6.97. The normalized spacial score (nSPS) is 13.6. The topological polar surface area (TPSA) is 58.6 Å². The summed E-state index contributed by atoms with van der Waals surface area (Å²) in [5.41, 5.74) is 3.45. The number of benzene rings is 3. The van der Waals surface area contributed by atoms with Crippen LogP contribution >= 0.6 is 23.1 Å². The first-order chi connectivity index (χ1) is 17.4. The maximum Gasteiger partial charge on any atom is 0.298 e. The van der Waals surface area contributed by atoms with Crippen molar-refractivity contribution in [3.05, 3.63) is 100 Å². The number of ether oxygens (including phenoxy) is 1. The predicted octanol–water partition coefficient (Wildman–Crippen LogP) is 5.98. The van der Waals surface area contributed by atoms with Crippen LogP contribution in [0.1, 0.15) is 27.3 Å². The number of piperazine rings is 1. The van der Waals surface area contributed by atoms with Crippen LogP contribution in [0.4, 0.5) is 10.1 Å². The molecule has 0 saturated carbocycles. The molecule has 0 unspecified atom stereocenters. The minimum Gasteiger partial charge on any atom is -0.430 e. The molecule has 1 amide bonds. The van der Waals surface area contributed by atoms with Crippen molar-refractivity contribution >= 4 is 34.7 Å². The summed E-state index contributed by atoms with van der Waals surface area (Å²) in [5.74, 6) is 0.869. The predicted molar refractivity (Wildman–Crippen MR) is 140 cm³/mol. The molecule has 0 bridgehead atoms. The van der Waals surface area contributed by atoms with E-state index in [4.69, 9.17) is 16.3 Å². The molecule has 5 rings (SSSR count). The molecule has 184 valence electrons. The number of aromatic nitrogens is 2. The van der Waals surface area contributed by atoms with Crippen molar-refractivity contribution in [2.75, 3.05) is 31.1 Å². The Balaban J connectivity index is 1.23. The van der Waals surface area contributed by atoms with Gasteiger partial charge < -0.3 is 14.5 Å². The van der Waals surface area contributed by atoms with Gasteiger partial charge in [0.15, 0.2) is 5.82 Å². The highest BCUT2D eigenvalue weighted by atomic mass is 35.5. The maximum atomic E-state index is 13.2. The number of carbonyl (C=O) groups excluding carboxylic acids is 1. The fourth-order valence-electron chi connectivity index (χ4n) is 4.10. The molecule has 36 heavy (non-hydrogen) atoms. The largest absolute Gasteiger partial charge is 0.430 e. The molecule has 4 aromatic rings. The van der Waals surface area contributed by atoms with E-state index in [0.717, 1.165) is 41.4 Å². The molecular weight excluding hydrogens is 499 g/mol. The van der Waals surface area contributed by atoms with Crippen molar-refractivity contribution in [3.8, 4) is 10.9 Å². The minimum atomic E-state index is -0.276. The number of amides is 1. The van der Waals surface area contributed by atoms with Crippen LogP contribution in [0.15, 0.2) is 66.7 Å². The highest BCUT2D eigenvalue weighted by Gasteiger charge is 2.23. The van der Waals surface area contributed by atoms with Gasteiger partial charge in [0, 0.05) is 60.4 Å². The summed E-state index contributed by atoms with van der Waals surface area (Å²) in [7, 11) is 0. The Hall–Kier alpha value is -3.49. The third-order valence-electron chi connectivity index (χ3n) is 6.10. The molecule has 1 aliphatic rings. The number of carbonyl (C=O) groups is 1. The van der Waals surface area contributed by atoms with Crippen LogP contribution in [0.3, 0.4) is 0 Å². The Bertz CT molecular complexity index is 1370. The summed E-state index contributed by atoms with van der Waals surface area (Å²) in [5, 5.41) is 1.10. The van der Waals surface area contributed by atoms with Gasteiger partial charge in [-0.05, 0) is 60.5 Å². The Labute approximate surface area is 218 Å². The van der Waals surface area contributed by atoms with Crippen LogP contribution in [0.2, 0.25) is 5.02 Å². The van der Waals surface area contributed by atoms with Crippen LogP contribution < -0.4 is 9.64 Å². The highest BCUT2D eigenvalue weighted by Crippen LogP contribution is 2.29. The van der Waals surface area contributed by atoms with Gasteiger partial charge in [0.25, 0.3) is 11.1 Å². The van der Waals surface area contributed by atoms with Gasteiger partial charge in [-0.15, -0.1) is 0 Å². The number of hydrogen-bond acceptors (Lipinski definition) is 6. The zero-order valence-electron chi connectivity index (χ0n) is 19.7. The van der Waals surface area contributed by atoms with Gasteiger partial charge in [0.05, 0.1) is 0 Å². The summed E-state index contributed by atoms with van der Waals surface area (Å²) in [6.45, 7) is 4.65. The van der Waals surface area contributed by atoms with Crippen molar-refractivity contribution in [1.29, 1.82) is 0 Å². The average molecular weight is 523 g/mol. The Morgan fingerprint density at radius 1 is 1.06 bits per heavy atom. The van der Waals surface area contributed by atoms with Crippen molar-refractivity contribution < 1.29 is 13.9 Å². The summed E-state index contributed by atoms with van der Waals surface area (Å²) in [4.78, 5) is 21.8. The lowest BCUT2D eigenvalue weighted by molar-refractivity contribution is 0.0746. The van der Waals surface area contributed by atoms with Gasteiger partial charge in [-0.1, -0.05) is 35.9 Å². The number of hydrogen-bond donors (Lipinski definition) is 0. The lowest BCUT2D eigenvalue weighted by atomic mass is 10.1. The van der Waals surface area contributed by atoms with E-state index in [0.29, 0.717) is 46.9 Å². The smallest absolute Gasteiger partial charge is 0.298 e. The summed E-state index contributed by atoms with van der Waals surface area (Å²) >= 11 is 7.28. The van der Waals surface area contributed by atoms with Gasteiger partial charge >= 0.3 is 0 Å². The van der Waals surface area contributed by atoms with E-state index in [1.165, 1.54) is 12.1 Å². The van der Waals surface area contributed by atoms with Crippen LogP contribution in [0, 0.1) is 12.7 Å². The fraction of sp³-hybridized carbons (Fsp3) is 0.222. The van der Waals surface area contributed by atoms with Gasteiger partial charge in [-0.3, -0.25) is 4.79 Å². The molecule has 1 saturated heterocycles. The molecule has 3 aromatic carbocycles. The Morgan fingerprint density at radius 2 is 1.83 bits per heavy atom. The molecule has 9 heteroatoms. The minimum absolute atomic E-state index is 0.0279. The van der Waals surface area contributed by atoms with Crippen LogP contribution in [-0.2, 0) is 6.42 Å². The van der Waals surface area contributed by atoms with Crippen LogP contribution in [0.5, 0.6) is 10.9 Å². The van der Waals surface area contributed by atoms with Crippen molar-refractivity contribution in [3.63, 3.8) is 0 Å². The second kappa shape index (κ2) is 10.6. The van der Waals surface area contributed by atoms with E-state index in [1.807, 2.05) is 48.2 Å². The summed E-state index contributed by atoms with van der Waals surface area (Å²) in [6, 6.07) is 19.5. The van der Waals surface area contributed by atoms with E-state index >= 15 is 0 Å². The van der Waals surface area contributed by atoms with Crippen LogP contribution in [-0.4, -0.2) is 46.3 Å². The zero-order valence-corrected chi connectivity index (χ0v) is 21.2. The molecule has 1 fully saturated rings. The van der Waals surface area contributed by atoms with E-state index in [9.17, 15) is 9.18 Å². The molecule has 2 heterocycles. The number of rotatable bonds is 6. The molecule has 6 nitrogen and oxygen atoms in total. The Morgan fingerprint density at radius 3 is 2.58 bits per heavy atom. The van der Waals surface area contributed by atoms with Gasteiger partial charge in [-0.2, -0.15) is 9.36 Å². The first-order valence-corrected chi connectivity index (χ1v) is 12.7. The lowest BCUT2D eigenvalue weighted by Gasteiger charge is -2.36. The van der Waals surface area contributed by atoms with E-state index < -0.39 is 0 Å². The summed E-state index contributed by atoms with van der Waals surface area (Å²) < 4.78 is 23.5. The Kier molecular flexibility index (Phi) is 7.16. The van der Waals surface area contributed by atoms with E-state index in [2.05, 4.69) is 14.3 Å². The standard InChI is InChI=1S/C27H24ClFN4O2S/c1-18-5-8-20(26(34)33-13-11-32(12-14-33)23-4-2-3-21(28)17-23)16-24(18)35-27-30-25(31-36-27)15-19-6-9-22(29)10-7-19/h2-10,16-17H,11-15H2,1H3. The van der Waals surface area contributed by atoms with E-state index in [-0.39, 0.29) is 11.7 Å². The summed E-state index contributed by atoms with van der Waals surface area (Å²) in [6.07, 6.45) is 0.485. The SMILES string of the molecule is Cc1ccc(C(=O)N2CCN(c3cccc(Cl)c3)CC2)cc1Oc1nc(Cc2ccc(F)cc2)ns1. The van der Waals surface area contributed by atoms with Gasteiger partial charge in [0.1, 0.15) is 11.6 Å².